The van der Waals surface area contributed by atoms with Crippen molar-refractivity contribution in [3.63, 3.8) is 0 Å². The van der Waals surface area contributed by atoms with Crippen molar-refractivity contribution < 1.29 is 0 Å². The van der Waals surface area contributed by atoms with Crippen molar-refractivity contribution in [3.05, 3.63) is 18.2 Å². The van der Waals surface area contributed by atoms with E-state index in [-0.39, 0.29) is 12.4 Å². The summed E-state index contributed by atoms with van der Waals surface area (Å²) < 4.78 is 0. The zero-order chi connectivity index (χ0) is 7.84. The van der Waals surface area contributed by atoms with E-state index in [0.29, 0.717) is 11.6 Å². The number of benzene rings is 1. The van der Waals surface area contributed by atoms with Crippen LogP contribution in [0.4, 0.5) is 11.6 Å². The van der Waals surface area contributed by atoms with Gasteiger partial charge in [0.1, 0.15) is 0 Å². The van der Waals surface area contributed by atoms with Crippen LogP contribution in [0.25, 0.3) is 11.0 Å². The van der Waals surface area contributed by atoms with E-state index in [1.54, 1.807) is 12.1 Å². The first-order chi connectivity index (χ1) is 5.25. The number of fused-ring (bicyclic) bond motifs is 1. The molecule has 0 aliphatic carbocycles. The van der Waals surface area contributed by atoms with Crippen LogP contribution >= 0.6 is 12.4 Å². The Morgan fingerprint density at radius 2 is 2.00 bits per heavy atom. The second kappa shape index (κ2) is 2.91. The number of aromatic amines is 1. The van der Waals surface area contributed by atoms with Gasteiger partial charge in [0.05, 0.1) is 11.0 Å². The first kappa shape index (κ1) is 8.67. The highest BCUT2D eigenvalue weighted by Crippen LogP contribution is 2.14. The normalized spacial score (nSPS) is 9.67. The van der Waals surface area contributed by atoms with Crippen LogP contribution in [-0.4, -0.2) is 9.97 Å². The molecule has 0 bridgehead atoms. The molecule has 1 heterocycles. The van der Waals surface area contributed by atoms with Crippen molar-refractivity contribution >= 4 is 35.1 Å². The Bertz CT molecular complexity index is 395. The molecule has 2 rings (SSSR count). The van der Waals surface area contributed by atoms with Gasteiger partial charge in [0.15, 0.2) is 5.95 Å². The first-order valence-corrected chi connectivity index (χ1v) is 3.26. The molecule has 0 spiro atoms. The fourth-order valence-electron chi connectivity index (χ4n) is 1.05. The number of hydrogen-bond acceptors (Lipinski definition) is 3. The largest absolute Gasteiger partial charge is 0.399 e. The maximum absolute atomic E-state index is 5.54. The molecule has 0 aliphatic rings. The lowest BCUT2D eigenvalue weighted by molar-refractivity contribution is 1.35. The van der Waals surface area contributed by atoms with Crippen LogP contribution in [0.15, 0.2) is 18.2 Å². The molecule has 0 saturated carbocycles. The summed E-state index contributed by atoms with van der Waals surface area (Å²) in [5, 5.41) is 0. The Kier molecular flexibility index (Phi) is 2.10. The van der Waals surface area contributed by atoms with Crippen LogP contribution in [-0.2, 0) is 0 Å². The molecule has 0 atom stereocenters. The van der Waals surface area contributed by atoms with Crippen LogP contribution in [0.3, 0.4) is 0 Å². The van der Waals surface area contributed by atoms with Gasteiger partial charge in [-0.3, -0.25) is 0 Å². The number of aromatic nitrogens is 2. The predicted molar refractivity (Wildman–Crippen MR) is 52.2 cm³/mol. The molecule has 5 heteroatoms. The predicted octanol–water partition coefficient (Wildman–Crippen LogP) is 1.15. The molecule has 64 valence electrons. The van der Waals surface area contributed by atoms with E-state index in [1.807, 2.05) is 6.07 Å². The second-order valence-corrected chi connectivity index (χ2v) is 2.40. The van der Waals surface area contributed by atoms with Gasteiger partial charge in [-0.25, -0.2) is 4.98 Å². The molecule has 0 saturated heterocycles. The first-order valence-electron chi connectivity index (χ1n) is 3.26. The highest BCUT2D eigenvalue weighted by molar-refractivity contribution is 5.85. The number of nitrogens with two attached hydrogens (primary N) is 2. The van der Waals surface area contributed by atoms with Gasteiger partial charge < -0.3 is 16.5 Å². The number of nitrogens with zero attached hydrogens (tertiary/aromatic N) is 1. The molecular formula is C7H9ClN4. The Morgan fingerprint density at radius 3 is 2.75 bits per heavy atom. The number of H-pyrrole nitrogens is 1. The minimum Gasteiger partial charge on any atom is -0.399 e. The summed E-state index contributed by atoms with van der Waals surface area (Å²) in [6.45, 7) is 0. The topological polar surface area (TPSA) is 80.7 Å². The van der Waals surface area contributed by atoms with E-state index in [4.69, 9.17) is 11.5 Å². The summed E-state index contributed by atoms with van der Waals surface area (Å²) in [5.41, 5.74) is 13.4. The van der Waals surface area contributed by atoms with Crippen molar-refractivity contribution in [2.24, 2.45) is 0 Å². The maximum atomic E-state index is 5.54. The van der Waals surface area contributed by atoms with Crippen LogP contribution in [0.2, 0.25) is 0 Å². The summed E-state index contributed by atoms with van der Waals surface area (Å²) in [5.74, 6) is 0.422. The van der Waals surface area contributed by atoms with Gasteiger partial charge in [-0.15, -0.1) is 12.4 Å². The molecule has 0 unspecified atom stereocenters. The third kappa shape index (κ3) is 1.29. The van der Waals surface area contributed by atoms with Crippen molar-refractivity contribution in [1.29, 1.82) is 0 Å². The van der Waals surface area contributed by atoms with E-state index in [9.17, 15) is 0 Å². The highest BCUT2D eigenvalue weighted by Gasteiger charge is 1.97. The van der Waals surface area contributed by atoms with E-state index in [0.717, 1.165) is 11.0 Å². The van der Waals surface area contributed by atoms with Crippen molar-refractivity contribution in [1.82, 2.24) is 9.97 Å². The average Bonchev–Trinajstić information content (AvgIpc) is 2.27. The zero-order valence-electron chi connectivity index (χ0n) is 6.24. The van der Waals surface area contributed by atoms with Gasteiger partial charge in [-0.05, 0) is 18.2 Å². The quantitative estimate of drug-likeness (QED) is 0.538. The Labute approximate surface area is 75.4 Å². The molecule has 12 heavy (non-hydrogen) atoms. The van der Waals surface area contributed by atoms with Crippen molar-refractivity contribution in [3.8, 4) is 0 Å². The molecule has 0 aliphatic heterocycles. The van der Waals surface area contributed by atoms with E-state index < -0.39 is 0 Å². The molecule has 4 nitrogen and oxygen atoms in total. The number of nitrogens with one attached hydrogen (secondary N) is 1. The SMILES string of the molecule is Cl.Nc1ccc2nc(N)[nH]c2c1. The van der Waals surface area contributed by atoms with Crippen LogP contribution in [0.1, 0.15) is 0 Å². The molecule has 2 aromatic rings. The number of hydrogen-bond donors (Lipinski definition) is 3. The lowest BCUT2D eigenvalue weighted by Gasteiger charge is -1.89. The Morgan fingerprint density at radius 1 is 1.25 bits per heavy atom. The summed E-state index contributed by atoms with van der Waals surface area (Å²) in [4.78, 5) is 6.91. The van der Waals surface area contributed by atoms with E-state index >= 15 is 0 Å². The lowest BCUT2D eigenvalue weighted by Crippen LogP contribution is -1.84. The van der Waals surface area contributed by atoms with E-state index in [1.165, 1.54) is 0 Å². The molecule has 0 fully saturated rings. The van der Waals surface area contributed by atoms with Gasteiger partial charge in [-0.2, -0.15) is 0 Å². The maximum Gasteiger partial charge on any atom is 0.198 e. The van der Waals surface area contributed by atoms with Gasteiger partial charge in [-0.1, -0.05) is 0 Å². The molecule has 1 aromatic carbocycles. The summed E-state index contributed by atoms with van der Waals surface area (Å²) >= 11 is 0. The standard InChI is InChI=1S/C7H8N4.ClH/c8-4-1-2-5-6(3-4)11-7(9)10-5;/h1-3H,8H2,(H3,9,10,11);1H. The molecule has 1 aromatic heterocycles. The molecule has 5 N–H and O–H groups in total. The fraction of sp³-hybridized carbons (Fsp3) is 0. The Hall–Kier alpha value is -1.42. The van der Waals surface area contributed by atoms with Crippen LogP contribution < -0.4 is 11.5 Å². The van der Waals surface area contributed by atoms with Crippen LogP contribution in [0, 0.1) is 0 Å². The Balaban J connectivity index is 0.000000720. The third-order valence-electron chi connectivity index (χ3n) is 1.52. The fourth-order valence-corrected chi connectivity index (χ4v) is 1.05. The highest BCUT2D eigenvalue weighted by atomic mass is 35.5. The van der Waals surface area contributed by atoms with E-state index in [2.05, 4.69) is 9.97 Å². The third-order valence-corrected chi connectivity index (χ3v) is 1.52. The summed E-state index contributed by atoms with van der Waals surface area (Å²) in [6, 6.07) is 5.43. The van der Waals surface area contributed by atoms with Gasteiger partial charge in [0, 0.05) is 5.69 Å². The number of imidazole rings is 1. The molecule has 0 amide bonds. The number of rotatable bonds is 0. The average molecular weight is 185 g/mol. The lowest BCUT2D eigenvalue weighted by atomic mass is 10.3. The monoisotopic (exact) mass is 184 g/mol. The van der Waals surface area contributed by atoms with Gasteiger partial charge in [0.25, 0.3) is 0 Å². The van der Waals surface area contributed by atoms with Crippen molar-refractivity contribution in [2.45, 2.75) is 0 Å². The molecular weight excluding hydrogens is 176 g/mol. The summed E-state index contributed by atoms with van der Waals surface area (Å²) in [6.07, 6.45) is 0. The number of anilines is 2. The minimum absolute atomic E-state index is 0. The number of halogens is 1. The number of nitrogen functional groups attached to an aromatic ring is 2. The van der Waals surface area contributed by atoms with Gasteiger partial charge in [0.2, 0.25) is 0 Å². The molecule has 0 radical (unpaired) electrons. The smallest absolute Gasteiger partial charge is 0.198 e. The second-order valence-electron chi connectivity index (χ2n) is 2.40. The summed E-state index contributed by atoms with van der Waals surface area (Å²) in [7, 11) is 0. The minimum atomic E-state index is 0. The van der Waals surface area contributed by atoms with Crippen molar-refractivity contribution in [2.75, 3.05) is 11.5 Å². The van der Waals surface area contributed by atoms with Crippen LogP contribution in [0.5, 0.6) is 0 Å². The zero-order valence-corrected chi connectivity index (χ0v) is 7.06. The van der Waals surface area contributed by atoms with Gasteiger partial charge >= 0.3 is 0 Å².